The van der Waals surface area contributed by atoms with E-state index in [0.717, 1.165) is 24.5 Å². The molecule has 2 amide bonds. The van der Waals surface area contributed by atoms with Gasteiger partial charge in [0.2, 0.25) is 5.91 Å². The van der Waals surface area contributed by atoms with Crippen molar-refractivity contribution in [3.05, 3.63) is 46.8 Å². The van der Waals surface area contributed by atoms with Crippen LogP contribution < -0.4 is 15.0 Å². The molecule has 0 spiro atoms. The Kier molecular flexibility index (Phi) is 6.39. The Hall–Kier alpha value is -2.48. The van der Waals surface area contributed by atoms with Gasteiger partial charge in [0.1, 0.15) is 5.75 Å². The highest BCUT2D eigenvalue weighted by molar-refractivity contribution is 9.10. The summed E-state index contributed by atoms with van der Waals surface area (Å²) in [7, 11) is 0. The number of furan rings is 1. The fourth-order valence-electron chi connectivity index (χ4n) is 2.98. The van der Waals surface area contributed by atoms with Crippen molar-refractivity contribution in [2.75, 3.05) is 44.2 Å². The number of anilines is 1. The van der Waals surface area contributed by atoms with Gasteiger partial charge in [0.05, 0.1) is 18.8 Å². The fraction of sp³-hybridized carbons (Fsp3) is 0.368. The van der Waals surface area contributed by atoms with Crippen LogP contribution in [0.5, 0.6) is 5.75 Å². The molecule has 27 heavy (non-hydrogen) atoms. The number of halogens is 1. The van der Waals surface area contributed by atoms with Gasteiger partial charge in [0.25, 0.3) is 5.91 Å². The molecule has 2 heterocycles. The number of hydrogen-bond acceptors (Lipinski definition) is 5. The van der Waals surface area contributed by atoms with E-state index >= 15 is 0 Å². The number of para-hydroxylation sites is 2. The molecule has 7 nitrogen and oxygen atoms in total. The van der Waals surface area contributed by atoms with Gasteiger partial charge < -0.3 is 24.3 Å². The molecule has 3 rings (SSSR count). The van der Waals surface area contributed by atoms with Crippen LogP contribution in [0.2, 0.25) is 0 Å². The maximum atomic E-state index is 12.4. The topological polar surface area (TPSA) is 75.0 Å². The Bertz CT molecular complexity index is 800. The predicted octanol–water partition coefficient (Wildman–Crippen LogP) is 2.52. The summed E-state index contributed by atoms with van der Waals surface area (Å²) in [6.07, 6.45) is 0. The van der Waals surface area contributed by atoms with Crippen molar-refractivity contribution >= 4 is 33.4 Å². The van der Waals surface area contributed by atoms with Gasteiger partial charge in [-0.3, -0.25) is 9.59 Å². The third kappa shape index (κ3) is 4.82. The molecule has 8 heteroatoms. The second-order valence-electron chi connectivity index (χ2n) is 6.06. The summed E-state index contributed by atoms with van der Waals surface area (Å²) in [6.45, 7) is 5.16. The van der Waals surface area contributed by atoms with Crippen LogP contribution in [0, 0.1) is 0 Å². The molecule has 0 atom stereocenters. The molecule has 1 fully saturated rings. The van der Waals surface area contributed by atoms with Gasteiger partial charge in [-0.1, -0.05) is 12.1 Å². The summed E-state index contributed by atoms with van der Waals surface area (Å²) >= 11 is 3.15. The number of ether oxygens (including phenoxy) is 1. The molecule has 1 aliphatic heterocycles. The first-order valence-electron chi connectivity index (χ1n) is 8.86. The first-order valence-corrected chi connectivity index (χ1v) is 9.66. The van der Waals surface area contributed by atoms with E-state index in [1.54, 1.807) is 17.0 Å². The minimum absolute atomic E-state index is 0.0489. The molecule has 2 aromatic rings. The van der Waals surface area contributed by atoms with Gasteiger partial charge in [-0.25, -0.2) is 0 Å². The Morgan fingerprint density at radius 3 is 2.56 bits per heavy atom. The second-order valence-corrected chi connectivity index (χ2v) is 6.84. The molecule has 0 radical (unpaired) electrons. The normalized spacial score (nSPS) is 14.1. The van der Waals surface area contributed by atoms with Crippen molar-refractivity contribution < 1.29 is 18.7 Å². The molecule has 144 valence electrons. The van der Waals surface area contributed by atoms with Crippen molar-refractivity contribution in [1.82, 2.24) is 10.2 Å². The van der Waals surface area contributed by atoms with E-state index in [4.69, 9.17) is 9.15 Å². The lowest BCUT2D eigenvalue weighted by atomic mass is 10.2. The van der Waals surface area contributed by atoms with Crippen molar-refractivity contribution in [3.8, 4) is 5.75 Å². The summed E-state index contributed by atoms with van der Waals surface area (Å²) in [6, 6.07) is 11.1. The van der Waals surface area contributed by atoms with Gasteiger partial charge in [0, 0.05) is 26.2 Å². The van der Waals surface area contributed by atoms with E-state index in [1.807, 2.05) is 31.2 Å². The number of rotatable bonds is 6. The number of benzene rings is 1. The summed E-state index contributed by atoms with van der Waals surface area (Å²) in [4.78, 5) is 28.3. The number of nitrogens with zero attached hydrogens (tertiary/aromatic N) is 2. The highest BCUT2D eigenvalue weighted by atomic mass is 79.9. The van der Waals surface area contributed by atoms with Crippen LogP contribution in [0.25, 0.3) is 0 Å². The van der Waals surface area contributed by atoms with Gasteiger partial charge in [-0.15, -0.1) is 0 Å². The monoisotopic (exact) mass is 435 g/mol. The minimum Gasteiger partial charge on any atom is -0.492 e. The van der Waals surface area contributed by atoms with E-state index in [1.165, 1.54) is 0 Å². The van der Waals surface area contributed by atoms with E-state index in [2.05, 4.69) is 26.1 Å². The molecular weight excluding hydrogens is 414 g/mol. The summed E-state index contributed by atoms with van der Waals surface area (Å²) < 4.78 is 11.3. The van der Waals surface area contributed by atoms with Crippen LogP contribution in [0.1, 0.15) is 17.5 Å². The number of amides is 2. The van der Waals surface area contributed by atoms with Gasteiger partial charge in [-0.05, 0) is 47.1 Å². The predicted molar refractivity (Wildman–Crippen MR) is 105 cm³/mol. The van der Waals surface area contributed by atoms with Crippen LogP contribution in [-0.4, -0.2) is 56.0 Å². The SMILES string of the molecule is CCOc1ccccc1N1CCN(C(=O)CNC(=O)c2ccc(Br)o2)CC1. The van der Waals surface area contributed by atoms with Crippen LogP contribution in [-0.2, 0) is 4.79 Å². The third-order valence-electron chi connectivity index (χ3n) is 4.34. The molecule has 0 unspecified atom stereocenters. The molecule has 1 saturated heterocycles. The van der Waals surface area contributed by atoms with Gasteiger partial charge in [0.15, 0.2) is 10.4 Å². The maximum Gasteiger partial charge on any atom is 0.287 e. The molecule has 0 aliphatic carbocycles. The number of piperazine rings is 1. The highest BCUT2D eigenvalue weighted by Gasteiger charge is 2.23. The van der Waals surface area contributed by atoms with Crippen LogP contribution in [0.4, 0.5) is 5.69 Å². The molecule has 1 aromatic carbocycles. The molecular formula is C19H22BrN3O4. The smallest absolute Gasteiger partial charge is 0.287 e. The zero-order chi connectivity index (χ0) is 19.2. The van der Waals surface area contributed by atoms with Crippen molar-refractivity contribution in [2.24, 2.45) is 0 Å². The summed E-state index contributed by atoms with van der Waals surface area (Å²) in [5.41, 5.74) is 1.04. The Morgan fingerprint density at radius 1 is 1.15 bits per heavy atom. The van der Waals surface area contributed by atoms with Crippen LogP contribution in [0.3, 0.4) is 0 Å². The Labute approximate surface area is 166 Å². The average molecular weight is 436 g/mol. The van der Waals surface area contributed by atoms with Crippen molar-refractivity contribution in [1.29, 1.82) is 0 Å². The van der Waals surface area contributed by atoms with Crippen LogP contribution in [0.15, 0.2) is 45.5 Å². The lowest BCUT2D eigenvalue weighted by Gasteiger charge is -2.36. The molecule has 1 aromatic heterocycles. The number of carbonyl (C=O) groups is 2. The largest absolute Gasteiger partial charge is 0.492 e. The van der Waals surface area contributed by atoms with E-state index in [9.17, 15) is 9.59 Å². The lowest BCUT2D eigenvalue weighted by Crippen LogP contribution is -2.51. The average Bonchev–Trinajstić information content (AvgIpc) is 3.13. The first-order chi connectivity index (χ1) is 13.1. The van der Waals surface area contributed by atoms with Crippen LogP contribution >= 0.6 is 15.9 Å². The third-order valence-corrected chi connectivity index (χ3v) is 4.76. The Balaban J connectivity index is 1.50. The standard InChI is InChI=1S/C19H22BrN3O4/c1-2-26-15-6-4-3-5-14(15)22-9-11-23(12-10-22)18(24)13-21-19(25)16-7-8-17(20)27-16/h3-8H,2,9-13H2,1H3,(H,21,25). The maximum absolute atomic E-state index is 12.4. The second kappa shape index (κ2) is 8.94. The summed E-state index contributed by atoms with van der Waals surface area (Å²) in [5.74, 6) is 0.522. The molecule has 0 saturated carbocycles. The minimum atomic E-state index is -0.404. The van der Waals surface area contributed by atoms with Gasteiger partial charge >= 0.3 is 0 Å². The zero-order valence-corrected chi connectivity index (χ0v) is 16.7. The van der Waals surface area contributed by atoms with Crippen molar-refractivity contribution in [2.45, 2.75) is 6.92 Å². The molecule has 0 bridgehead atoms. The molecule has 1 aliphatic rings. The number of hydrogen-bond donors (Lipinski definition) is 1. The number of nitrogens with one attached hydrogen (secondary N) is 1. The van der Waals surface area contributed by atoms with E-state index in [0.29, 0.717) is 24.4 Å². The number of carbonyl (C=O) groups excluding carboxylic acids is 2. The van der Waals surface area contributed by atoms with Gasteiger partial charge in [-0.2, -0.15) is 0 Å². The van der Waals surface area contributed by atoms with Crippen molar-refractivity contribution in [3.63, 3.8) is 0 Å². The van der Waals surface area contributed by atoms with E-state index < -0.39 is 5.91 Å². The highest BCUT2D eigenvalue weighted by Crippen LogP contribution is 2.28. The molecule has 1 N–H and O–H groups in total. The van der Waals surface area contributed by atoms with E-state index in [-0.39, 0.29) is 18.2 Å². The fourth-order valence-corrected chi connectivity index (χ4v) is 3.29. The lowest BCUT2D eigenvalue weighted by molar-refractivity contribution is -0.130. The Morgan fingerprint density at radius 2 is 1.89 bits per heavy atom. The summed E-state index contributed by atoms with van der Waals surface area (Å²) in [5, 5.41) is 2.60. The first kappa shape index (κ1) is 19.3. The zero-order valence-electron chi connectivity index (χ0n) is 15.1. The quantitative estimate of drug-likeness (QED) is 0.754.